The van der Waals surface area contributed by atoms with Crippen LogP contribution in [0, 0.1) is 6.92 Å². The van der Waals surface area contributed by atoms with E-state index in [1.807, 2.05) is 25.8 Å². The lowest BCUT2D eigenvalue weighted by Crippen LogP contribution is -2.38. The van der Waals surface area contributed by atoms with Crippen molar-refractivity contribution in [3.05, 3.63) is 53.6 Å². The van der Waals surface area contributed by atoms with Crippen LogP contribution < -0.4 is 5.32 Å². The first-order valence-electron chi connectivity index (χ1n) is 7.86. The summed E-state index contributed by atoms with van der Waals surface area (Å²) in [6, 6.07) is 8.26. The average Bonchev–Trinajstić information content (AvgIpc) is 3.02. The zero-order chi connectivity index (χ0) is 17.5. The van der Waals surface area contributed by atoms with E-state index in [2.05, 4.69) is 39.6 Å². The number of benzene rings is 1. The van der Waals surface area contributed by atoms with Crippen molar-refractivity contribution >= 4 is 5.96 Å². The Morgan fingerprint density at radius 2 is 2.04 bits per heavy atom. The number of guanidine groups is 1. The highest BCUT2D eigenvalue weighted by atomic mass is 19.3. The number of hydrogen-bond donors (Lipinski definition) is 1. The van der Waals surface area contributed by atoms with E-state index in [9.17, 15) is 8.78 Å². The quantitative estimate of drug-likeness (QED) is 0.651. The summed E-state index contributed by atoms with van der Waals surface area (Å²) in [6.45, 7) is 2.87. The first-order valence-corrected chi connectivity index (χ1v) is 7.86. The van der Waals surface area contributed by atoms with Crippen LogP contribution in [0.5, 0.6) is 0 Å². The van der Waals surface area contributed by atoms with Crippen molar-refractivity contribution in [2.45, 2.75) is 33.5 Å². The Morgan fingerprint density at radius 3 is 2.67 bits per heavy atom. The molecule has 0 unspecified atom stereocenters. The van der Waals surface area contributed by atoms with Crippen molar-refractivity contribution in [1.82, 2.24) is 19.8 Å². The standard InChI is InChI=1S/C17H23F2N5/c1-4-20-17(22-11-15-21-9-10-24(15)16(18)19)23(3)12-14-7-5-13(2)6-8-14/h5-10,16H,4,11-12H2,1-3H3,(H,20,22). The van der Waals surface area contributed by atoms with Gasteiger partial charge in [0.05, 0.1) is 0 Å². The predicted molar refractivity (Wildman–Crippen MR) is 90.9 cm³/mol. The van der Waals surface area contributed by atoms with Crippen LogP contribution in [0.2, 0.25) is 0 Å². The van der Waals surface area contributed by atoms with E-state index in [0.29, 0.717) is 19.0 Å². The Hall–Kier alpha value is -2.44. The molecule has 1 heterocycles. The predicted octanol–water partition coefficient (Wildman–Crippen LogP) is 3.18. The van der Waals surface area contributed by atoms with Gasteiger partial charge in [-0.3, -0.25) is 4.57 Å². The monoisotopic (exact) mass is 335 g/mol. The normalized spacial score (nSPS) is 11.8. The number of rotatable bonds is 6. The maximum absolute atomic E-state index is 12.9. The molecule has 0 aliphatic rings. The van der Waals surface area contributed by atoms with E-state index in [0.717, 1.165) is 10.1 Å². The van der Waals surface area contributed by atoms with Crippen LogP contribution in [0.1, 0.15) is 30.4 Å². The molecular weight excluding hydrogens is 312 g/mol. The maximum Gasteiger partial charge on any atom is 0.319 e. The van der Waals surface area contributed by atoms with Crippen LogP contribution in [-0.4, -0.2) is 34.0 Å². The molecule has 0 saturated heterocycles. The third kappa shape index (κ3) is 4.78. The molecule has 1 N–H and O–H groups in total. The highest BCUT2D eigenvalue weighted by Crippen LogP contribution is 2.13. The van der Waals surface area contributed by atoms with Gasteiger partial charge >= 0.3 is 6.55 Å². The first-order chi connectivity index (χ1) is 11.5. The van der Waals surface area contributed by atoms with Crippen molar-refractivity contribution in [3.63, 3.8) is 0 Å². The van der Waals surface area contributed by atoms with Gasteiger partial charge in [-0.1, -0.05) is 29.8 Å². The largest absolute Gasteiger partial charge is 0.357 e. The topological polar surface area (TPSA) is 45.5 Å². The number of aromatic nitrogens is 2. The number of nitrogens with zero attached hydrogens (tertiary/aromatic N) is 4. The Balaban J connectivity index is 2.09. The molecule has 0 radical (unpaired) electrons. The summed E-state index contributed by atoms with van der Waals surface area (Å²) < 4.78 is 26.5. The van der Waals surface area contributed by atoms with Crippen molar-refractivity contribution in [1.29, 1.82) is 0 Å². The lowest BCUT2D eigenvalue weighted by atomic mass is 10.1. The van der Waals surface area contributed by atoms with Gasteiger partial charge in [-0.2, -0.15) is 8.78 Å². The minimum Gasteiger partial charge on any atom is -0.357 e. The van der Waals surface area contributed by atoms with Gasteiger partial charge in [-0.15, -0.1) is 0 Å². The zero-order valence-electron chi connectivity index (χ0n) is 14.2. The van der Waals surface area contributed by atoms with Gasteiger partial charge in [0, 0.05) is 32.5 Å². The molecule has 2 aromatic rings. The number of halogens is 2. The summed E-state index contributed by atoms with van der Waals surface area (Å²) in [5.74, 6) is 0.894. The molecule has 0 aliphatic carbocycles. The van der Waals surface area contributed by atoms with Crippen LogP contribution in [0.4, 0.5) is 8.78 Å². The third-order valence-corrected chi connectivity index (χ3v) is 3.57. The maximum atomic E-state index is 12.9. The molecule has 0 bridgehead atoms. The number of imidazole rings is 1. The van der Waals surface area contributed by atoms with E-state index in [4.69, 9.17) is 0 Å². The summed E-state index contributed by atoms with van der Waals surface area (Å²) in [5.41, 5.74) is 2.36. The van der Waals surface area contributed by atoms with E-state index in [1.54, 1.807) is 0 Å². The van der Waals surface area contributed by atoms with Crippen LogP contribution in [0.15, 0.2) is 41.7 Å². The number of aliphatic imine (C=N–C) groups is 1. The Kier molecular flexibility index (Phi) is 6.28. The van der Waals surface area contributed by atoms with Gasteiger partial charge in [0.2, 0.25) is 0 Å². The Morgan fingerprint density at radius 1 is 1.33 bits per heavy atom. The summed E-state index contributed by atoms with van der Waals surface area (Å²) in [5, 5.41) is 3.18. The molecule has 1 aromatic carbocycles. The summed E-state index contributed by atoms with van der Waals surface area (Å²) in [4.78, 5) is 10.3. The highest BCUT2D eigenvalue weighted by Gasteiger charge is 2.12. The van der Waals surface area contributed by atoms with Gasteiger partial charge < -0.3 is 10.2 Å². The van der Waals surface area contributed by atoms with Gasteiger partial charge in [0.25, 0.3) is 0 Å². The summed E-state index contributed by atoms with van der Waals surface area (Å²) >= 11 is 0. The van der Waals surface area contributed by atoms with Gasteiger partial charge in [-0.05, 0) is 19.4 Å². The molecule has 5 nitrogen and oxygen atoms in total. The van der Waals surface area contributed by atoms with Crippen molar-refractivity contribution < 1.29 is 8.78 Å². The van der Waals surface area contributed by atoms with E-state index in [-0.39, 0.29) is 12.4 Å². The fraction of sp³-hybridized carbons (Fsp3) is 0.412. The highest BCUT2D eigenvalue weighted by molar-refractivity contribution is 5.79. The molecule has 1 aromatic heterocycles. The summed E-state index contributed by atoms with van der Waals surface area (Å²) in [7, 11) is 1.92. The zero-order valence-corrected chi connectivity index (χ0v) is 14.2. The van der Waals surface area contributed by atoms with Crippen molar-refractivity contribution in [2.24, 2.45) is 4.99 Å². The van der Waals surface area contributed by atoms with Gasteiger partial charge in [0.1, 0.15) is 12.4 Å². The second kappa shape index (κ2) is 8.42. The molecular formula is C17H23F2N5. The van der Waals surface area contributed by atoms with Crippen LogP contribution in [-0.2, 0) is 13.1 Å². The van der Waals surface area contributed by atoms with Crippen molar-refractivity contribution in [3.8, 4) is 0 Å². The third-order valence-electron chi connectivity index (χ3n) is 3.57. The Labute approximate surface area is 141 Å². The smallest absolute Gasteiger partial charge is 0.319 e. The van der Waals surface area contributed by atoms with Gasteiger partial charge in [0.15, 0.2) is 5.96 Å². The lowest BCUT2D eigenvalue weighted by molar-refractivity contribution is 0.0671. The van der Waals surface area contributed by atoms with Crippen LogP contribution >= 0.6 is 0 Å². The molecule has 2 rings (SSSR count). The summed E-state index contributed by atoms with van der Waals surface area (Å²) in [6.07, 6.45) is 2.62. The van der Waals surface area contributed by atoms with Gasteiger partial charge in [-0.25, -0.2) is 9.98 Å². The van der Waals surface area contributed by atoms with E-state index < -0.39 is 6.55 Å². The molecule has 0 fully saturated rings. The second-order valence-electron chi connectivity index (χ2n) is 5.54. The molecule has 0 aliphatic heterocycles. The fourth-order valence-electron chi connectivity index (χ4n) is 2.30. The van der Waals surface area contributed by atoms with E-state index in [1.165, 1.54) is 18.0 Å². The van der Waals surface area contributed by atoms with E-state index >= 15 is 0 Å². The fourth-order valence-corrected chi connectivity index (χ4v) is 2.30. The first kappa shape index (κ1) is 17.9. The molecule has 7 heteroatoms. The molecule has 0 atom stereocenters. The average molecular weight is 335 g/mol. The number of aryl methyl sites for hydroxylation is 1. The molecule has 0 spiro atoms. The number of nitrogens with one attached hydrogen (secondary N) is 1. The minimum absolute atomic E-state index is 0.0951. The molecule has 0 amide bonds. The lowest BCUT2D eigenvalue weighted by Gasteiger charge is -2.22. The molecule has 0 saturated carbocycles. The molecule has 130 valence electrons. The number of hydrogen-bond acceptors (Lipinski definition) is 2. The van der Waals surface area contributed by atoms with Crippen molar-refractivity contribution in [2.75, 3.05) is 13.6 Å². The van der Waals surface area contributed by atoms with Crippen LogP contribution in [0.25, 0.3) is 0 Å². The SMILES string of the molecule is CCNC(=NCc1nccn1C(F)F)N(C)Cc1ccc(C)cc1. The minimum atomic E-state index is -2.61. The van der Waals surface area contributed by atoms with Crippen LogP contribution in [0.3, 0.4) is 0 Å². The number of alkyl halides is 2. The second-order valence-corrected chi connectivity index (χ2v) is 5.54. The Bertz CT molecular complexity index is 664. The molecule has 24 heavy (non-hydrogen) atoms.